The van der Waals surface area contributed by atoms with E-state index in [-0.39, 0.29) is 18.5 Å². The molecule has 0 aromatic heterocycles. The number of halogens is 3. The average Bonchev–Trinajstić information content (AvgIpc) is 2.88. The van der Waals surface area contributed by atoms with Gasteiger partial charge < -0.3 is 10.1 Å². The summed E-state index contributed by atoms with van der Waals surface area (Å²) < 4.78 is 5.93. The maximum absolute atomic E-state index is 6.12. The predicted octanol–water partition coefficient (Wildman–Crippen LogP) is 3.79. The average molecular weight is 366 g/mol. The van der Waals surface area contributed by atoms with Gasteiger partial charge in [-0.3, -0.25) is 4.90 Å². The number of hydrogen-bond acceptors (Lipinski definition) is 3. The van der Waals surface area contributed by atoms with Crippen LogP contribution in [-0.4, -0.2) is 44.2 Å². The number of nitrogens with one attached hydrogen (secondary N) is 1. The van der Waals surface area contributed by atoms with Crippen molar-refractivity contribution in [1.29, 1.82) is 0 Å². The van der Waals surface area contributed by atoms with Crippen LogP contribution < -0.4 is 5.32 Å². The van der Waals surface area contributed by atoms with Gasteiger partial charge in [0.15, 0.2) is 0 Å². The predicted molar refractivity (Wildman–Crippen MR) is 94.4 cm³/mol. The van der Waals surface area contributed by atoms with Gasteiger partial charge in [0.2, 0.25) is 0 Å². The molecule has 0 bridgehead atoms. The Balaban J connectivity index is 0.00000176. The molecule has 2 heterocycles. The second-order valence-corrected chi connectivity index (χ2v) is 7.32. The molecule has 0 spiro atoms. The van der Waals surface area contributed by atoms with E-state index in [4.69, 9.17) is 27.9 Å². The van der Waals surface area contributed by atoms with Gasteiger partial charge in [0.1, 0.15) is 0 Å². The fraction of sp³-hybridized carbons (Fsp3) is 0.625. The highest BCUT2D eigenvalue weighted by atomic mass is 35.5. The first-order chi connectivity index (χ1) is 10.1. The first kappa shape index (κ1) is 18.3. The third-order valence-electron chi connectivity index (χ3n) is 4.53. The van der Waals surface area contributed by atoms with Crippen molar-refractivity contribution in [3.63, 3.8) is 0 Å². The summed E-state index contributed by atoms with van der Waals surface area (Å²) in [5.41, 5.74) is 1.50. The first-order valence-corrected chi connectivity index (χ1v) is 8.31. The molecule has 1 aromatic rings. The summed E-state index contributed by atoms with van der Waals surface area (Å²) in [6.07, 6.45) is 1.34. The molecule has 6 heteroatoms. The zero-order valence-corrected chi connectivity index (χ0v) is 15.1. The van der Waals surface area contributed by atoms with Crippen molar-refractivity contribution in [2.45, 2.75) is 19.4 Å². The van der Waals surface area contributed by atoms with E-state index >= 15 is 0 Å². The van der Waals surface area contributed by atoms with Gasteiger partial charge in [0, 0.05) is 26.2 Å². The number of hydrogen-bond donors (Lipinski definition) is 1. The molecular formula is C16H23Cl3N2O. The van der Waals surface area contributed by atoms with Gasteiger partial charge in [-0.1, -0.05) is 36.2 Å². The molecule has 2 atom stereocenters. The minimum atomic E-state index is 0. The molecule has 0 aliphatic carbocycles. The van der Waals surface area contributed by atoms with Gasteiger partial charge in [-0.2, -0.15) is 0 Å². The third-order valence-corrected chi connectivity index (χ3v) is 5.27. The highest BCUT2D eigenvalue weighted by molar-refractivity contribution is 6.42. The number of rotatable bonds is 3. The van der Waals surface area contributed by atoms with Crippen LogP contribution >= 0.6 is 35.6 Å². The third kappa shape index (κ3) is 4.28. The molecule has 0 saturated carbocycles. The lowest BCUT2D eigenvalue weighted by molar-refractivity contribution is -0.0400. The zero-order chi connectivity index (χ0) is 14.9. The maximum Gasteiger partial charge on any atom is 0.0952 e. The van der Waals surface area contributed by atoms with Crippen LogP contribution in [0.25, 0.3) is 0 Å². The molecule has 22 heavy (non-hydrogen) atoms. The van der Waals surface area contributed by atoms with Crippen LogP contribution in [0.1, 0.15) is 25.0 Å². The summed E-state index contributed by atoms with van der Waals surface area (Å²) in [4.78, 5) is 2.52. The Kier molecular flexibility index (Phi) is 6.40. The summed E-state index contributed by atoms with van der Waals surface area (Å²) in [5.74, 6) is 0. The van der Waals surface area contributed by atoms with Crippen molar-refractivity contribution in [1.82, 2.24) is 10.2 Å². The van der Waals surface area contributed by atoms with Crippen LogP contribution in [0.4, 0.5) is 0 Å². The topological polar surface area (TPSA) is 24.5 Å². The highest BCUT2D eigenvalue weighted by Gasteiger charge is 2.33. The molecule has 124 valence electrons. The molecule has 2 fully saturated rings. The molecule has 2 unspecified atom stereocenters. The highest BCUT2D eigenvalue weighted by Crippen LogP contribution is 2.31. The van der Waals surface area contributed by atoms with Crippen molar-refractivity contribution < 1.29 is 4.74 Å². The molecule has 0 amide bonds. The minimum absolute atomic E-state index is 0. The van der Waals surface area contributed by atoms with Crippen LogP contribution in [0.15, 0.2) is 18.2 Å². The molecule has 2 aliphatic heterocycles. The Morgan fingerprint density at radius 3 is 2.86 bits per heavy atom. The van der Waals surface area contributed by atoms with Gasteiger partial charge in [0.05, 0.1) is 22.8 Å². The van der Waals surface area contributed by atoms with E-state index in [9.17, 15) is 0 Å². The fourth-order valence-corrected chi connectivity index (χ4v) is 3.61. The van der Waals surface area contributed by atoms with Gasteiger partial charge in [0.25, 0.3) is 0 Å². The second kappa shape index (κ2) is 7.69. The zero-order valence-electron chi connectivity index (χ0n) is 12.8. The van der Waals surface area contributed by atoms with Crippen LogP contribution in [0.2, 0.25) is 10.0 Å². The van der Waals surface area contributed by atoms with Crippen LogP contribution in [-0.2, 0) is 4.74 Å². The van der Waals surface area contributed by atoms with Gasteiger partial charge in [-0.05, 0) is 36.1 Å². The van der Waals surface area contributed by atoms with E-state index < -0.39 is 0 Å². The SMILES string of the molecule is CC1(CN2CCOC(c3ccc(Cl)c(Cl)c3)C2)CCNC1.Cl. The molecule has 0 radical (unpaired) electrons. The van der Waals surface area contributed by atoms with Crippen molar-refractivity contribution in [2.75, 3.05) is 39.3 Å². The lowest BCUT2D eigenvalue weighted by atomic mass is 9.89. The van der Waals surface area contributed by atoms with Crippen molar-refractivity contribution in [3.05, 3.63) is 33.8 Å². The Bertz CT molecular complexity index is 506. The molecule has 1 N–H and O–H groups in total. The van der Waals surface area contributed by atoms with Crippen LogP contribution in [0, 0.1) is 5.41 Å². The fourth-order valence-electron chi connectivity index (χ4n) is 3.30. The quantitative estimate of drug-likeness (QED) is 0.882. The minimum Gasteiger partial charge on any atom is -0.371 e. The lowest BCUT2D eigenvalue weighted by Crippen LogP contribution is -2.44. The van der Waals surface area contributed by atoms with Crippen LogP contribution in [0.5, 0.6) is 0 Å². The largest absolute Gasteiger partial charge is 0.371 e. The van der Waals surface area contributed by atoms with E-state index in [1.54, 1.807) is 0 Å². The normalized spacial score (nSPS) is 29.3. The standard InChI is InChI=1S/C16H22Cl2N2O.ClH/c1-16(4-5-19-10-16)11-20-6-7-21-15(9-20)12-2-3-13(17)14(18)8-12;/h2-3,8,15,19H,4-7,9-11H2,1H3;1H. The number of nitrogens with zero attached hydrogens (tertiary/aromatic N) is 1. The summed E-state index contributed by atoms with van der Waals surface area (Å²) in [6, 6.07) is 5.79. The van der Waals surface area contributed by atoms with E-state index in [0.717, 1.165) is 44.9 Å². The monoisotopic (exact) mass is 364 g/mol. The molecule has 1 aromatic carbocycles. The van der Waals surface area contributed by atoms with E-state index in [1.807, 2.05) is 18.2 Å². The van der Waals surface area contributed by atoms with Gasteiger partial charge in [-0.15, -0.1) is 12.4 Å². The van der Waals surface area contributed by atoms with Crippen molar-refractivity contribution >= 4 is 35.6 Å². The molecule has 2 saturated heterocycles. The summed E-state index contributed by atoms with van der Waals surface area (Å²) >= 11 is 12.1. The summed E-state index contributed by atoms with van der Waals surface area (Å²) in [5, 5.41) is 4.66. The van der Waals surface area contributed by atoms with Crippen LogP contribution in [0.3, 0.4) is 0 Å². The second-order valence-electron chi connectivity index (χ2n) is 6.51. The molecular weight excluding hydrogens is 343 g/mol. The first-order valence-electron chi connectivity index (χ1n) is 7.55. The Morgan fingerprint density at radius 2 is 2.18 bits per heavy atom. The number of benzene rings is 1. The number of ether oxygens (including phenoxy) is 1. The molecule has 2 aliphatic rings. The Morgan fingerprint density at radius 1 is 1.36 bits per heavy atom. The Hall–Kier alpha value is -0.0300. The maximum atomic E-state index is 6.12. The summed E-state index contributed by atoms with van der Waals surface area (Å²) in [7, 11) is 0. The van der Waals surface area contributed by atoms with E-state index in [0.29, 0.717) is 15.5 Å². The smallest absolute Gasteiger partial charge is 0.0952 e. The van der Waals surface area contributed by atoms with E-state index in [2.05, 4.69) is 17.1 Å². The summed E-state index contributed by atoms with van der Waals surface area (Å²) in [6.45, 7) is 8.45. The molecule has 3 nitrogen and oxygen atoms in total. The Labute approximate surface area is 148 Å². The number of morpholine rings is 1. The van der Waals surface area contributed by atoms with E-state index in [1.165, 1.54) is 6.42 Å². The van der Waals surface area contributed by atoms with Crippen molar-refractivity contribution in [2.24, 2.45) is 5.41 Å². The lowest BCUT2D eigenvalue weighted by Gasteiger charge is -2.38. The van der Waals surface area contributed by atoms with Crippen molar-refractivity contribution in [3.8, 4) is 0 Å². The molecule has 3 rings (SSSR count). The van der Waals surface area contributed by atoms with Gasteiger partial charge in [-0.25, -0.2) is 0 Å². The van der Waals surface area contributed by atoms with Gasteiger partial charge >= 0.3 is 0 Å².